The number of hydrogen-bond acceptors (Lipinski definition) is 8. The van der Waals surface area contributed by atoms with Gasteiger partial charge in [-0.3, -0.25) is 19.4 Å². The Morgan fingerprint density at radius 3 is 2.17 bits per heavy atom. The van der Waals surface area contributed by atoms with Crippen LogP contribution in [0.25, 0.3) is 11.1 Å². The smallest absolute Gasteiger partial charge is 0.410 e. The van der Waals surface area contributed by atoms with E-state index in [0.29, 0.717) is 44.9 Å². The number of carbonyl (C=O) groups is 4. The molecular formula is C38H53N3O7. The third-order valence-corrected chi connectivity index (χ3v) is 8.97. The highest BCUT2D eigenvalue weighted by atomic mass is 16.6. The number of ether oxygens (including phenoxy) is 2. The molecule has 0 bridgehead atoms. The summed E-state index contributed by atoms with van der Waals surface area (Å²) >= 11 is 0. The summed E-state index contributed by atoms with van der Waals surface area (Å²) in [4.78, 5) is 60.5. The van der Waals surface area contributed by atoms with Crippen molar-refractivity contribution >= 4 is 23.8 Å². The normalized spacial score (nSPS) is 18.2. The van der Waals surface area contributed by atoms with Crippen LogP contribution in [0.3, 0.4) is 0 Å². The van der Waals surface area contributed by atoms with Crippen LogP contribution in [0.4, 0.5) is 4.79 Å². The molecule has 4 rings (SSSR count). The zero-order chi connectivity index (χ0) is 35.1. The zero-order valence-electron chi connectivity index (χ0n) is 29.5. The monoisotopic (exact) mass is 663 g/mol. The minimum absolute atomic E-state index is 0.0330. The van der Waals surface area contributed by atoms with E-state index in [2.05, 4.69) is 4.98 Å². The Kier molecular flexibility index (Phi) is 12.3. The number of phenolic OH excluding ortho intramolecular Hbond substituents is 1. The lowest BCUT2D eigenvalue weighted by Gasteiger charge is -2.35. The quantitative estimate of drug-likeness (QED) is 0.272. The number of nitrogens with zero attached hydrogens (tertiary/aromatic N) is 3. The fraction of sp³-hybridized carbons (Fsp3) is 0.605. The molecule has 10 nitrogen and oxygen atoms in total. The molecule has 2 aliphatic heterocycles. The average Bonchev–Trinajstić information content (AvgIpc) is 3.02. The van der Waals surface area contributed by atoms with Gasteiger partial charge >= 0.3 is 12.1 Å². The fourth-order valence-corrected chi connectivity index (χ4v) is 6.48. The van der Waals surface area contributed by atoms with E-state index in [9.17, 15) is 24.3 Å². The van der Waals surface area contributed by atoms with Crippen molar-refractivity contribution in [1.29, 1.82) is 0 Å². The number of aromatic nitrogens is 1. The number of benzene rings is 1. The van der Waals surface area contributed by atoms with Crippen LogP contribution in [0.1, 0.15) is 104 Å². The highest BCUT2D eigenvalue weighted by Gasteiger charge is 2.33. The van der Waals surface area contributed by atoms with E-state index < -0.39 is 17.1 Å². The lowest BCUT2D eigenvalue weighted by molar-refractivity contribution is -0.155. The van der Waals surface area contributed by atoms with Crippen LogP contribution in [0.5, 0.6) is 5.75 Å². The van der Waals surface area contributed by atoms with Crippen LogP contribution in [0.15, 0.2) is 42.7 Å². The van der Waals surface area contributed by atoms with Crippen molar-refractivity contribution in [3.8, 4) is 16.9 Å². The number of pyridine rings is 1. The summed E-state index contributed by atoms with van der Waals surface area (Å²) in [6.07, 6.45) is 7.64. The maximum atomic E-state index is 13.8. The Hall–Kier alpha value is -3.95. The third kappa shape index (κ3) is 11.3. The number of aromatic hydroxyl groups is 1. The highest BCUT2D eigenvalue weighted by Crippen LogP contribution is 2.32. The molecule has 10 heteroatoms. The molecule has 3 heterocycles. The van der Waals surface area contributed by atoms with Gasteiger partial charge in [-0.05, 0) is 109 Å². The van der Waals surface area contributed by atoms with Gasteiger partial charge in [0.25, 0.3) is 0 Å². The number of hydrogen-bond donors (Lipinski definition) is 1. The maximum Gasteiger partial charge on any atom is 0.410 e. The molecule has 262 valence electrons. The van der Waals surface area contributed by atoms with Gasteiger partial charge in [0, 0.05) is 68.8 Å². The van der Waals surface area contributed by atoms with Crippen molar-refractivity contribution in [3.05, 3.63) is 48.3 Å². The summed E-state index contributed by atoms with van der Waals surface area (Å²) in [5.74, 6) is -0.480. The Morgan fingerprint density at radius 1 is 0.854 bits per heavy atom. The topological polar surface area (TPSA) is 126 Å². The Bertz CT molecular complexity index is 1420. The number of esters is 1. The second-order valence-corrected chi connectivity index (χ2v) is 15.3. The van der Waals surface area contributed by atoms with Gasteiger partial charge in [-0.1, -0.05) is 12.1 Å². The number of phenols is 1. The molecule has 2 amide bonds. The minimum atomic E-state index is -0.656. The van der Waals surface area contributed by atoms with E-state index in [-0.39, 0.29) is 48.3 Å². The summed E-state index contributed by atoms with van der Waals surface area (Å²) in [5.41, 5.74) is 1.26. The number of piperidine rings is 2. The van der Waals surface area contributed by atoms with E-state index in [0.717, 1.165) is 42.4 Å². The van der Waals surface area contributed by atoms with Gasteiger partial charge in [0.15, 0.2) is 0 Å². The van der Waals surface area contributed by atoms with Crippen LogP contribution in [0, 0.1) is 11.8 Å². The Labute approximate surface area is 285 Å². The highest BCUT2D eigenvalue weighted by molar-refractivity contribution is 5.84. The molecule has 48 heavy (non-hydrogen) atoms. The largest absolute Gasteiger partial charge is 0.508 e. The minimum Gasteiger partial charge on any atom is -0.508 e. The van der Waals surface area contributed by atoms with Crippen LogP contribution >= 0.6 is 0 Å². The molecule has 1 aromatic carbocycles. The van der Waals surface area contributed by atoms with Gasteiger partial charge in [0.1, 0.15) is 22.7 Å². The van der Waals surface area contributed by atoms with Gasteiger partial charge < -0.3 is 24.4 Å². The molecule has 2 aromatic rings. The van der Waals surface area contributed by atoms with E-state index in [4.69, 9.17) is 9.47 Å². The Morgan fingerprint density at radius 2 is 1.52 bits per heavy atom. The van der Waals surface area contributed by atoms with E-state index in [1.54, 1.807) is 41.6 Å². The van der Waals surface area contributed by atoms with E-state index >= 15 is 0 Å². The lowest BCUT2D eigenvalue weighted by atomic mass is 9.84. The van der Waals surface area contributed by atoms with Crippen molar-refractivity contribution in [2.45, 2.75) is 110 Å². The zero-order valence-corrected chi connectivity index (χ0v) is 29.5. The van der Waals surface area contributed by atoms with Gasteiger partial charge in [-0.25, -0.2) is 4.79 Å². The van der Waals surface area contributed by atoms with Crippen molar-refractivity contribution < 1.29 is 33.8 Å². The molecule has 0 spiro atoms. The molecule has 1 aromatic heterocycles. The maximum absolute atomic E-state index is 13.8. The molecule has 1 N–H and O–H groups in total. The molecule has 0 unspecified atom stereocenters. The van der Waals surface area contributed by atoms with Crippen LogP contribution in [-0.2, 0) is 23.9 Å². The van der Waals surface area contributed by atoms with Crippen LogP contribution < -0.4 is 0 Å². The first kappa shape index (κ1) is 36.9. The van der Waals surface area contributed by atoms with Crippen molar-refractivity contribution in [2.75, 3.05) is 26.2 Å². The van der Waals surface area contributed by atoms with Crippen molar-refractivity contribution in [2.24, 2.45) is 11.8 Å². The fourth-order valence-electron chi connectivity index (χ4n) is 6.48. The second kappa shape index (κ2) is 16.0. The predicted octanol–water partition coefficient (Wildman–Crippen LogP) is 6.89. The van der Waals surface area contributed by atoms with Crippen molar-refractivity contribution in [1.82, 2.24) is 14.8 Å². The first-order chi connectivity index (χ1) is 22.6. The summed E-state index contributed by atoms with van der Waals surface area (Å²) in [7, 11) is 0. The summed E-state index contributed by atoms with van der Waals surface area (Å²) in [5, 5.41) is 9.71. The van der Waals surface area contributed by atoms with E-state index in [1.807, 2.05) is 52.5 Å². The van der Waals surface area contributed by atoms with Crippen molar-refractivity contribution in [3.63, 3.8) is 0 Å². The molecule has 2 saturated heterocycles. The number of likely N-dealkylation sites (tertiary alicyclic amines) is 2. The Balaban J connectivity index is 1.35. The van der Waals surface area contributed by atoms with Gasteiger partial charge in [-0.2, -0.15) is 0 Å². The summed E-state index contributed by atoms with van der Waals surface area (Å²) < 4.78 is 11.1. The molecule has 2 aliphatic rings. The third-order valence-electron chi connectivity index (χ3n) is 8.97. The number of rotatable bonds is 10. The SMILES string of the molecule is CC(C)(C)OC(=O)C[C@H](CC(=O)[C@@H]1CCCN(C(=O)CCC2CCN(C(=O)OC(C)(C)C)CC2)C1)c1cncc(-c2ccc(O)cc2)c1. The second-order valence-electron chi connectivity index (χ2n) is 15.3. The number of ketones is 1. The first-order valence-corrected chi connectivity index (χ1v) is 17.3. The van der Waals surface area contributed by atoms with Gasteiger partial charge in [0.05, 0.1) is 6.42 Å². The van der Waals surface area contributed by atoms with Crippen LogP contribution in [-0.4, -0.2) is 81.0 Å². The van der Waals surface area contributed by atoms with E-state index in [1.165, 1.54) is 0 Å². The first-order valence-electron chi connectivity index (χ1n) is 17.3. The molecular weight excluding hydrogens is 610 g/mol. The molecule has 0 aliphatic carbocycles. The van der Waals surface area contributed by atoms with Crippen LogP contribution in [0.2, 0.25) is 0 Å². The van der Waals surface area contributed by atoms with Gasteiger partial charge in [-0.15, -0.1) is 0 Å². The summed E-state index contributed by atoms with van der Waals surface area (Å²) in [6.45, 7) is 13.3. The molecule has 0 saturated carbocycles. The predicted molar refractivity (Wildman–Crippen MR) is 183 cm³/mol. The summed E-state index contributed by atoms with van der Waals surface area (Å²) in [6, 6.07) is 8.75. The standard InChI is InChI=1S/C38H53N3O7/c1-37(2,3)47-35(45)22-29(31-20-30(23-39-24-31)27-10-12-32(42)13-11-27)21-33(43)28-8-7-17-41(25-28)34(44)14-9-26-15-18-40(19-16-26)36(46)48-38(4,5)6/h10-13,20,23-24,26,28-29,42H,7-9,14-19,21-22,25H2,1-6H3/t28-,29+/m1/s1. The molecule has 0 radical (unpaired) electrons. The number of carbonyl (C=O) groups excluding carboxylic acids is 4. The van der Waals surface area contributed by atoms with Gasteiger partial charge in [0.2, 0.25) is 5.91 Å². The number of amides is 2. The molecule has 2 fully saturated rings. The molecule has 2 atom stereocenters. The number of Topliss-reactive ketones (excluding diaryl/α,β-unsaturated/α-hetero) is 1. The lowest BCUT2D eigenvalue weighted by Crippen LogP contribution is -2.43. The average molecular weight is 664 g/mol.